The molecule has 2 saturated heterocycles. The lowest BCUT2D eigenvalue weighted by atomic mass is 9.83. The van der Waals surface area contributed by atoms with Crippen molar-refractivity contribution in [2.75, 3.05) is 26.2 Å². The SMILES string of the molecule is Cc1nc(CN2C[C@@H]3C[C@H](C2)c2ccc(CN4CCC[C@H](O)C4)c(=O)n2C3)co1. The first kappa shape index (κ1) is 19.0. The van der Waals surface area contributed by atoms with Gasteiger partial charge in [-0.2, -0.15) is 0 Å². The summed E-state index contributed by atoms with van der Waals surface area (Å²) in [5, 5.41) is 9.92. The van der Waals surface area contributed by atoms with Gasteiger partial charge in [-0.05, 0) is 37.8 Å². The zero-order chi connectivity index (χ0) is 20.0. The molecule has 7 heteroatoms. The zero-order valence-corrected chi connectivity index (χ0v) is 17.1. The molecule has 29 heavy (non-hydrogen) atoms. The maximum atomic E-state index is 13.2. The molecule has 5 rings (SSSR count). The van der Waals surface area contributed by atoms with E-state index in [2.05, 4.69) is 20.9 Å². The monoisotopic (exact) mass is 398 g/mol. The summed E-state index contributed by atoms with van der Waals surface area (Å²) in [6, 6.07) is 4.19. The van der Waals surface area contributed by atoms with Gasteiger partial charge < -0.3 is 14.1 Å². The van der Waals surface area contributed by atoms with Gasteiger partial charge in [0.1, 0.15) is 6.26 Å². The van der Waals surface area contributed by atoms with E-state index in [0.29, 0.717) is 30.8 Å². The summed E-state index contributed by atoms with van der Waals surface area (Å²) >= 11 is 0. The Bertz CT molecular complexity index is 936. The number of fused-ring (bicyclic) bond motifs is 4. The van der Waals surface area contributed by atoms with Crippen molar-refractivity contribution < 1.29 is 9.52 Å². The minimum atomic E-state index is -0.261. The molecule has 2 bridgehead atoms. The van der Waals surface area contributed by atoms with Crippen molar-refractivity contribution in [2.24, 2.45) is 5.92 Å². The summed E-state index contributed by atoms with van der Waals surface area (Å²) in [6.07, 6.45) is 4.52. The van der Waals surface area contributed by atoms with E-state index in [1.165, 1.54) is 5.69 Å². The number of aliphatic hydroxyl groups excluding tert-OH is 1. The van der Waals surface area contributed by atoms with Gasteiger partial charge in [-0.3, -0.25) is 14.6 Å². The van der Waals surface area contributed by atoms with Gasteiger partial charge in [-0.15, -0.1) is 0 Å². The van der Waals surface area contributed by atoms with E-state index in [0.717, 1.165) is 63.2 Å². The summed E-state index contributed by atoms with van der Waals surface area (Å²) in [6.45, 7) is 7.71. The summed E-state index contributed by atoms with van der Waals surface area (Å²) in [5.41, 5.74) is 3.18. The minimum Gasteiger partial charge on any atom is -0.449 e. The Labute approximate surface area is 170 Å². The number of pyridine rings is 1. The van der Waals surface area contributed by atoms with E-state index in [-0.39, 0.29) is 11.7 Å². The molecule has 0 spiro atoms. The molecule has 3 aliphatic rings. The van der Waals surface area contributed by atoms with Crippen LogP contribution in [0.5, 0.6) is 0 Å². The summed E-state index contributed by atoms with van der Waals surface area (Å²) in [5.74, 6) is 1.61. The van der Waals surface area contributed by atoms with Gasteiger partial charge in [0, 0.05) is 63.4 Å². The minimum absolute atomic E-state index is 0.165. The zero-order valence-electron chi connectivity index (χ0n) is 17.1. The van der Waals surface area contributed by atoms with Crippen molar-refractivity contribution in [3.63, 3.8) is 0 Å². The van der Waals surface area contributed by atoms with E-state index < -0.39 is 0 Å². The maximum Gasteiger partial charge on any atom is 0.255 e. The number of likely N-dealkylation sites (tertiary alicyclic amines) is 2. The average molecular weight is 399 g/mol. The third kappa shape index (κ3) is 3.91. The number of β-amino-alcohol motifs (C(OH)–C–C–N with tert-alkyl or cyclic N) is 1. The molecule has 156 valence electrons. The predicted molar refractivity (Wildman–Crippen MR) is 109 cm³/mol. The van der Waals surface area contributed by atoms with Crippen LogP contribution in [0.1, 0.15) is 48.0 Å². The Hall–Kier alpha value is -1.96. The highest BCUT2D eigenvalue weighted by atomic mass is 16.3. The average Bonchev–Trinajstić information content (AvgIpc) is 3.09. The molecule has 5 heterocycles. The van der Waals surface area contributed by atoms with Crippen LogP contribution >= 0.6 is 0 Å². The van der Waals surface area contributed by atoms with Crippen LogP contribution < -0.4 is 5.56 Å². The van der Waals surface area contributed by atoms with Gasteiger partial charge in [-0.25, -0.2) is 4.98 Å². The molecular weight excluding hydrogens is 368 g/mol. The lowest BCUT2D eigenvalue weighted by molar-refractivity contribution is 0.0663. The number of nitrogens with zero attached hydrogens (tertiary/aromatic N) is 4. The first-order valence-electron chi connectivity index (χ1n) is 10.8. The number of piperidine rings is 2. The van der Waals surface area contributed by atoms with Crippen LogP contribution in [0.4, 0.5) is 0 Å². The summed E-state index contributed by atoms with van der Waals surface area (Å²) in [7, 11) is 0. The number of oxazole rings is 1. The Morgan fingerprint density at radius 3 is 2.86 bits per heavy atom. The molecule has 2 fully saturated rings. The van der Waals surface area contributed by atoms with E-state index >= 15 is 0 Å². The summed E-state index contributed by atoms with van der Waals surface area (Å²) < 4.78 is 7.39. The molecule has 3 atom stereocenters. The van der Waals surface area contributed by atoms with E-state index in [9.17, 15) is 9.90 Å². The van der Waals surface area contributed by atoms with Crippen molar-refractivity contribution in [3.8, 4) is 0 Å². The van der Waals surface area contributed by atoms with Crippen LogP contribution in [-0.4, -0.2) is 56.7 Å². The molecule has 0 aliphatic carbocycles. The molecule has 1 N–H and O–H groups in total. The molecule has 0 aromatic carbocycles. The maximum absolute atomic E-state index is 13.2. The second-order valence-corrected chi connectivity index (χ2v) is 9.08. The molecular formula is C22H30N4O3. The van der Waals surface area contributed by atoms with E-state index in [1.54, 1.807) is 6.26 Å². The number of aromatic nitrogens is 2. The number of hydrogen-bond donors (Lipinski definition) is 1. The normalized spacial score (nSPS) is 27.7. The Balaban J connectivity index is 1.33. The third-order valence-corrected chi connectivity index (χ3v) is 6.69. The van der Waals surface area contributed by atoms with Gasteiger partial charge >= 0.3 is 0 Å². The first-order valence-corrected chi connectivity index (χ1v) is 10.8. The first-order chi connectivity index (χ1) is 14.0. The number of aryl methyl sites for hydroxylation is 1. The van der Waals surface area contributed by atoms with Crippen molar-refractivity contribution in [1.29, 1.82) is 0 Å². The van der Waals surface area contributed by atoms with Crippen LogP contribution in [0.2, 0.25) is 0 Å². The van der Waals surface area contributed by atoms with Crippen LogP contribution in [0.3, 0.4) is 0 Å². The van der Waals surface area contributed by atoms with Crippen molar-refractivity contribution in [2.45, 2.75) is 57.8 Å². The Kier molecular flexibility index (Phi) is 5.05. The molecule has 3 aliphatic heterocycles. The lowest BCUT2D eigenvalue weighted by Gasteiger charge is -2.42. The summed E-state index contributed by atoms with van der Waals surface area (Å²) in [4.78, 5) is 22.3. The largest absolute Gasteiger partial charge is 0.449 e. The second kappa shape index (κ2) is 7.70. The molecule has 0 saturated carbocycles. The molecule has 2 aromatic heterocycles. The molecule has 0 unspecified atom stereocenters. The Morgan fingerprint density at radius 2 is 2.07 bits per heavy atom. The predicted octanol–water partition coefficient (Wildman–Crippen LogP) is 1.72. The van der Waals surface area contributed by atoms with Crippen molar-refractivity contribution in [1.82, 2.24) is 19.4 Å². The fourth-order valence-electron chi connectivity index (χ4n) is 5.47. The van der Waals surface area contributed by atoms with E-state index in [1.807, 2.05) is 17.6 Å². The van der Waals surface area contributed by atoms with Gasteiger partial charge in [0.25, 0.3) is 5.56 Å². The van der Waals surface area contributed by atoms with Crippen LogP contribution in [-0.2, 0) is 19.6 Å². The standard InChI is InChI=1S/C22H30N4O3/c1-15-23-19(14-29-15)12-25-8-16-7-18(11-25)21-5-4-17(22(28)26(21)9-16)10-24-6-2-3-20(27)13-24/h4-5,14,16,18,20,27H,2-3,6-13H2,1H3/t16-,18+,20-/m0/s1. The number of hydrogen-bond acceptors (Lipinski definition) is 6. The van der Waals surface area contributed by atoms with Gasteiger partial charge in [0.15, 0.2) is 5.89 Å². The molecule has 0 radical (unpaired) electrons. The van der Waals surface area contributed by atoms with Gasteiger partial charge in [0.2, 0.25) is 0 Å². The fraction of sp³-hybridized carbons (Fsp3) is 0.636. The highest BCUT2D eigenvalue weighted by Crippen LogP contribution is 2.35. The van der Waals surface area contributed by atoms with Gasteiger partial charge in [0.05, 0.1) is 11.8 Å². The topological polar surface area (TPSA) is 74.7 Å². The van der Waals surface area contributed by atoms with Crippen molar-refractivity contribution in [3.05, 3.63) is 51.6 Å². The fourth-order valence-corrected chi connectivity index (χ4v) is 5.47. The Morgan fingerprint density at radius 1 is 1.17 bits per heavy atom. The highest BCUT2D eigenvalue weighted by Gasteiger charge is 2.35. The van der Waals surface area contributed by atoms with Crippen molar-refractivity contribution >= 4 is 0 Å². The van der Waals surface area contributed by atoms with Crippen LogP contribution in [0, 0.1) is 12.8 Å². The number of rotatable bonds is 4. The molecule has 2 aromatic rings. The smallest absolute Gasteiger partial charge is 0.255 e. The van der Waals surface area contributed by atoms with Crippen LogP contribution in [0.15, 0.2) is 27.6 Å². The second-order valence-electron chi connectivity index (χ2n) is 9.08. The number of aliphatic hydroxyl groups is 1. The lowest BCUT2D eigenvalue weighted by Crippen LogP contribution is -2.47. The third-order valence-electron chi connectivity index (χ3n) is 6.69. The highest BCUT2D eigenvalue weighted by molar-refractivity contribution is 5.22. The van der Waals surface area contributed by atoms with Crippen LogP contribution in [0.25, 0.3) is 0 Å². The molecule has 0 amide bonds. The quantitative estimate of drug-likeness (QED) is 0.845. The molecule has 7 nitrogen and oxygen atoms in total. The van der Waals surface area contributed by atoms with E-state index in [4.69, 9.17) is 4.42 Å². The van der Waals surface area contributed by atoms with Gasteiger partial charge in [-0.1, -0.05) is 6.07 Å².